The van der Waals surface area contributed by atoms with Crippen LogP contribution < -0.4 is 10.1 Å². The van der Waals surface area contributed by atoms with Crippen LogP contribution in [0.25, 0.3) is 0 Å². The van der Waals surface area contributed by atoms with Gasteiger partial charge in [-0.2, -0.15) is 11.8 Å². The number of aliphatic carboxylic acids is 1. The van der Waals surface area contributed by atoms with E-state index in [1.54, 1.807) is 23.2 Å². The predicted octanol–water partition coefficient (Wildman–Crippen LogP) is 2.44. The van der Waals surface area contributed by atoms with E-state index in [1.165, 1.54) is 43.0 Å². The fraction of sp³-hybridized carbons (Fsp3) is 0.333. The fourth-order valence-corrected chi connectivity index (χ4v) is 4.30. The lowest BCUT2D eigenvalue weighted by atomic mass is 10.2. The van der Waals surface area contributed by atoms with Crippen molar-refractivity contribution in [3.05, 3.63) is 54.0 Å². The van der Waals surface area contributed by atoms with Crippen LogP contribution in [-0.4, -0.2) is 56.4 Å². The van der Waals surface area contributed by atoms with Crippen LogP contribution in [0.5, 0.6) is 11.6 Å². The number of nitrogens with zero attached hydrogens (tertiary/aromatic N) is 2. The van der Waals surface area contributed by atoms with Gasteiger partial charge in [-0.25, -0.2) is 14.2 Å². The average molecular weight is 447 g/mol. The van der Waals surface area contributed by atoms with Gasteiger partial charge in [0, 0.05) is 49.7 Å². The Bertz CT molecular complexity index is 939. The molecule has 2 N–H and O–H groups in total. The van der Waals surface area contributed by atoms with Gasteiger partial charge in [-0.3, -0.25) is 9.59 Å². The topological polar surface area (TPSA) is 109 Å². The van der Waals surface area contributed by atoms with E-state index < -0.39 is 17.9 Å². The van der Waals surface area contributed by atoms with Crippen LogP contribution in [0.15, 0.2) is 42.6 Å². The number of nitrogens with one attached hydrogen (secondary N) is 1. The quantitative estimate of drug-likeness (QED) is 0.608. The number of hydrogen-bond donors (Lipinski definition) is 2. The largest absolute Gasteiger partial charge is 0.480 e. The number of carboxylic acid groups (broad SMARTS) is 1. The zero-order valence-corrected chi connectivity index (χ0v) is 17.6. The van der Waals surface area contributed by atoms with Gasteiger partial charge in [0.15, 0.2) is 0 Å². The van der Waals surface area contributed by atoms with Gasteiger partial charge in [-0.15, -0.1) is 0 Å². The third kappa shape index (κ3) is 6.68. The summed E-state index contributed by atoms with van der Waals surface area (Å²) in [6.45, 7) is 2.14. The van der Waals surface area contributed by atoms with Crippen LogP contribution in [-0.2, 0) is 20.9 Å². The molecule has 8 nitrogen and oxygen atoms in total. The summed E-state index contributed by atoms with van der Waals surface area (Å²) in [6, 6.07) is 8.11. The third-order valence-corrected chi connectivity index (χ3v) is 5.87. The number of carbonyl (C=O) groups is 3. The molecule has 31 heavy (non-hydrogen) atoms. The van der Waals surface area contributed by atoms with Gasteiger partial charge in [0.05, 0.1) is 0 Å². The van der Waals surface area contributed by atoms with Crippen molar-refractivity contribution in [2.24, 2.45) is 0 Å². The molecule has 1 fully saturated rings. The monoisotopic (exact) mass is 447 g/mol. The first-order valence-electron chi connectivity index (χ1n) is 9.58. The van der Waals surface area contributed by atoms with Crippen LogP contribution in [0.2, 0.25) is 0 Å². The van der Waals surface area contributed by atoms with E-state index in [2.05, 4.69) is 10.3 Å². The van der Waals surface area contributed by atoms with Crippen LogP contribution in [0.1, 0.15) is 18.9 Å². The molecule has 2 atom stereocenters. The number of halogens is 1. The van der Waals surface area contributed by atoms with Gasteiger partial charge in [0.25, 0.3) is 0 Å². The van der Waals surface area contributed by atoms with Crippen LogP contribution in [0.3, 0.4) is 0 Å². The van der Waals surface area contributed by atoms with E-state index >= 15 is 0 Å². The summed E-state index contributed by atoms with van der Waals surface area (Å²) >= 11 is 1.36. The summed E-state index contributed by atoms with van der Waals surface area (Å²) in [6.07, 6.45) is 1.93. The lowest BCUT2D eigenvalue weighted by Crippen LogP contribution is -2.41. The number of pyridine rings is 1. The Morgan fingerprint density at radius 1 is 1.32 bits per heavy atom. The Labute approximate surface area is 182 Å². The molecule has 164 valence electrons. The molecule has 2 amide bonds. The second kappa shape index (κ2) is 10.3. The molecule has 0 unspecified atom stereocenters. The zero-order valence-electron chi connectivity index (χ0n) is 16.8. The number of hydrogen-bond acceptors (Lipinski definition) is 6. The molecule has 1 aliphatic rings. The lowest BCUT2D eigenvalue weighted by Gasteiger charge is -2.18. The van der Waals surface area contributed by atoms with Gasteiger partial charge >= 0.3 is 5.97 Å². The lowest BCUT2D eigenvalue weighted by molar-refractivity contribution is -0.140. The molecule has 10 heteroatoms. The van der Waals surface area contributed by atoms with Crippen molar-refractivity contribution in [1.29, 1.82) is 0 Å². The van der Waals surface area contributed by atoms with Crippen molar-refractivity contribution < 1.29 is 28.6 Å². The molecule has 1 aliphatic heterocycles. The Kier molecular flexibility index (Phi) is 7.45. The maximum atomic E-state index is 13.0. The Hall–Kier alpha value is -3.14. The first kappa shape index (κ1) is 22.5. The first-order chi connectivity index (χ1) is 14.8. The number of carboxylic acids is 1. The molecule has 0 saturated carbocycles. The van der Waals surface area contributed by atoms with Crippen LogP contribution >= 0.6 is 11.8 Å². The van der Waals surface area contributed by atoms with E-state index in [0.717, 1.165) is 5.56 Å². The van der Waals surface area contributed by atoms with E-state index in [4.69, 9.17) is 4.74 Å². The number of carbonyl (C=O) groups excluding carboxylic acids is 2. The summed E-state index contributed by atoms with van der Waals surface area (Å²) < 4.78 is 18.5. The van der Waals surface area contributed by atoms with Crippen molar-refractivity contribution in [3.8, 4) is 11.6 Å². The van der Waals surface area contributed by atoms with Gasteiger partial charge in [0.2, 0.25) is 17.7 Å². The maximum Gasteiger partial charge on any atom is 0.327 e. The van der Waals surface area contributed by atoms with Crippen molar-refractivity contribution in [3.63, 3.8) is 0 Å². The first-order valence-corrected chi connectivity index (χ1v) is 10.6. The Morgan fingerprint density at radius 3 is 2.68 bits per heavy atom. The third-order valence-electron chi connectivity index (χ3n) is 4.56. The molecule has 1 aromatic heterocycles. The summed E-state index contributed by atoms with van der Waals surface area (Å²) in [7, 11) is 0. The number of benzene rings is 1. The van der Waals surface area contributed by atoms with Crippen LogP contribution in [0, 0.1) is 5.82 Å². The highest BCUT2D eigenvalue weighted by atomic mass is 32.2. The highest BCUT2D eigenvalue weighted by Crippen LogP contribution is 2.26. The van der Waals surface area contributed by atoms with Crippen molar-refractivity contribution in [1.82, 2.24) is 15.2 Å². The summed E-state index contributed by atoms with van der Waals surface area (Å²) in [5.41, 5.74) is 0.826. The van der Waals surface area contributed by atoms with Gasteiger partial charge in [-0.05, 0) is 29.8 Å². The molecule has 2 heterocycles. The molecule has 1 aromatic carbocycles. The van der Waals surface area contributed by atoms with Crippen molar-refractivity contribution >= 4 is 29.5 Å². The molecule has 3 rings (SSSR count). The number of ether oxygens (including phenoxy) is 1. The molecule has 1 saturated heterocycles. The van der Waals surface area contributed by atoms with Gasteiger partial charge < -0.3 is 20.1 Å². The smallest absolute Gasteiger partial charge is 0.327 e. The Morgan fingerprint density at radius 2 is 2.06 bits per heavy atom. The Balaban J connectivity index is 1.50. The van der Waals surface area contributed by atoms with E-state index in [-0.39, 0.29) is 22.7 Å². The second-order valence-electron chi connectivity index (χ2n) is 7.09. The fourth-order valence-electron chi connectivity index (χ4n) is 3.06. The molecule has 0 bridgehead atoms. The highest BCUT2D eigenvalue weighted by molar-refractivity contribution is 8.00. The highest BCUT2D eigenvalue weighted by Gasteiger charge is 2.31. The molecule has 0 aliphatic carbocycles. The molecule has 2 aromatic rings. The number of rotatable bonds is 9. The molecular formula is C21H22FN3O5S. The number of amides is 2. The summed E-state index contributed by atoms with van der Waals surface area (Å²) in [5.74, 6) is -0.859. The second-order valence-corrected chi connectivity index (χ2v) is 8.42. The number of aromatic nitrogens is 1. The SMILES string of the molecule is CC(=O)N[C@@H](CS[C@@H]1CC(=O)N(Cc2ccc(Oc3ccc(F)cc3)nc2)C1)C(=O)O. The summed E-state index contributed by atoms with van der Waals surface area (Å²) in [4.78, 5) is 40.6. The minimum absolute atomic E-state index is 0.0180. The molecular weight excluding hydrogens is 425 g/mol. The normalized spacial score (nSPS) is 16.8. The van der Waals surface area contributed by atoms with Crippen LogP contribution in [0.4, 0.5) is 4.39 Å². The van der Waals surface area contributed by atoms with Gasteiger partial charge in [0.1, 0.15) is 17.6 Å². The standard InChI is InChI=1S/C21H22FN3O5S/c1-13(26)24-18(21(28)29)12-31-17-8-20(27)25(11-17)10-14-2-7-19(23-9-14)30-16-5-3-15(22)4-6-16/h2-7,9,17-18H,8,10-12H2,1H3,(H,24,26)(H,28,29)/t17-,18+/m1/s1. The van der Waals surface area contributed by atoms with Crippen molar-refractivity contribution in [2.45, 2.75) is 31.2 Å². The summed E-state index contributed by atoms with van der Waals surface area (Å²) in [5, 5.41) is 11.5. The minimum Gasteiger partial charge on any atom is -0.480 e. The van der Waals surface area contributed by atoms with E-state index in [0.29, 0.717) is 31.1 Å². The molecule has 0 spiro atoms. The van der Waals surface area contributed by atoms with Crippen molar-refractivity contribution in [2.75, 3.05) is 12.3 Å². The average Bonchev–Trinajstić information content (AvgIpc) is 3.07. The zero-order chi connectivity index (χ0) is 22.4. The number of thioether (sulfide) groups is 1. The van der Waals surface area contributed by atoms with E-state index in [9.17, 15) is 23.9 Å². The minimum atomic E-state index is -1.10. The van der Waals surface area contributed by atoms with Gasteiger partial charge in [-0.1, -0.05) is 6.07 Å². The maximum absolute atomic E-state index is 13.0. The predicted molar refractivity (Wildman–Crippen MR) is 112 cm³/mol. The number of likely N-dealkylation sites (tertiary alicyclic amines) is 1. The molecule has 0 radical (unpaired) electrons. The van der Waals surface area contributed by atoms with E-state index in [1.807, 2.05) is 0 Å².